The summed E-state index contributed by atoms with van der Waals surface area (Å²) in [6.07, 6.45) is 1.47. The van der Waals surface area contributed by atoms with Crippen molar-refractivity contribution in [2.24, 2.45) is 0 Å². The number of ether oxygens (including phenoxy) is 2. The normalized spacial score (nSPS) is 10.3. The van der Waals surface area contributed by atoms with Gasteiger partial charge in [-0.2, -0.15) is 0 Å². The Kier molecular flexibility index (Phi) is 5.61. The van der Waals surface area contributed by atoms with E-state index >= 15 is 0 Å². The van der Waals surface area contributed by atoms with E-state index < -0.39 is 0 Å². The average molecular weight is 365 g/mol. The van der Waals surface area contributed by atoms with Crippen molar-refractivity contribution >= 4 is 23.0 Å². The third kappa shape index (κ3) is 4.38. The Morgan fingerprint density at radius 2 is 1.70 bits per heavy atom. The van der Waals surface area contributed by atoms with Gasteiger partial charge in [-0.05, 0) is 42.3 Å². The first-order valence-electron chi connectivity index (χ1n) is 8.49. The maximum Gasteiger partial charge on any atom is 0.159 e. The summed E-state index contributed by atoms with van der Waals surface area (Å²) in [4.78, 5) is 8.50. The summed E-state index contributed by atoms with van der Waals surface area (Å²) in [5, 5.41) is 6.47. The second-order valence-electron chi connectivity index (χ2n) is 6.01. The van der Waals surface area contributed by atoms with Gasteiger partial charge in [0.15, 0.2) is 11.6 Å². The predicted octanol–water partition coefficient (Wildman–Crippen LogP) is 3.74. The van der Waals surface area contributed by atoms with Crippen LogP contribution in [0.1, 0.15) is 11.1 Å². The highest BCUT2D eigenvalue weighted by molar-refractivity contribution is 5.79. The van der Waals surface area contributed by atoms with Crippen molar-refractivity contribution in [3.8, 4) is 11.5 Å². The molecule has 27 heavy (non-hydrogen) atoms. The van der Waals surface area contributed by atoms with Gasteiger partial charge >= 0.3 is 0 Å². The number of aromatic nitrogens is 2. The molecule has 0 atom stereocenters. The van der Waals surface area contributed by atoms with Crippen molar-refractivity contribution in [3.63, 3.8) is 0 Å². The van der Waals surface area contributed by atoms with Gasteiger partial charge in [0, 0.05) is 6.54 Å². The lowest BCUT2D eigenvalue weighted by atomic mass is 10.2. The lowest BCUT2D eigenvalue weighted by molar-refractivity contribution is 0.414. The molecule has 7 nitrogen and oxygen atoms in total. The van der Waals surface area contributed by atoms with Crippen LogP contribution in [0.25, 0.3) is 0 Å². The molecule has 7 heteroatoms. The van der Waals surface area contributed by atoms with E-state index in [1.807, 2.05) is 49.4 Å². The van der Waals surface area contributed by atoms with Gasteiger partial charge in [0.2, 0.25) is 0 Å². The van der Waals surface area contributed by atoms with Gasteiger partial charge in [0.1, 0.15) is 23.5 Å². The summed E-state index contributed by atoms with van der Waals surface area (Å²) in [5.41, 5.74) is 9.68. The first kappa shape index (κ1) is 18.3. The van der Waals surface area contributed by atoms with E-state index in [2.05, 4.69) is 20.6 Å². The smallest absolute Gasteiger partial charge is 0.159 e. The number of benzene rings is 2. The molecule has 0 radical (unpaired) electrons. The third-order valence-electron chi connectivity index (χ3n) is 4.11. The van der Waals surface area contributed by atoms with Crippen LogP contribution in [0.2, 0.25) is 0 Å². The van der Waals surface area contributed by atoms with Crippen LogP contribution in [0, 0.1) is 6.92 Å². The number of nitrogen functional groups attached to an aromatic ring is 1. The highest BCUT2D eigenvalue weighted by Gasteiger charge is 2.11. The number of rotatable bonds is 7. The number of nitrogens with two attached hydrogens (primary N) is 1. The largest absolute Gasteiger partial charge is 0.497 e. The predicted molar refractivity (Wildman–Crippen MR) is 108 cm³/mol. The van der Waals surface area contributed by atoms with Gasteiger partial charge in [0.05, 0.1) is 19.9 Å². The van der Waals surface area contributed by atoms with Crippen LogP contribution < -0.4 is 25.8 Å². The third-order valence-corrected chi connectivity index (χ3v) is 4.11. The Morgan fingerprint density at radius 3 is 2.41 bits per heavy atom. The monoisotopic (exact) mass is 365 g/mol. The van der Waals surface area contributed by atoms with Gasteiger partial charge < -0.3 is 25.8 Å². The fourth-order valence-electron chi connectivity index (χ4n) is 2.61. The second-order valence-corrected chi connectivity index (χ2v) is 6.01. The fourth-order valence-corrected chi connectivity index (χ4v) is 2.61. The van der Waals surface area contributed by atoms with E-state index in [1.165, 1.54) is 6.33 Å². The van der Waals surface area contributed by atoms with Crippen molar-refractivity contribution in [2.75, 3.05) is 30.6 Å². The maximum atomic E-state index is 6.26. The van der Waals surface area contributed by atoms with Crippen LogP contribution in [0.3, 0.4) is 0 Å². The summed E-state index contributed by atoms with van der Waals surface area (Å²) in [6.45, 7) is 2.59. The summed E-state index contributed by atoms with van der Waals surface area (Å²) >= 11 is 0. The van der Waals surface area contributed by atoms with Crippen molar-refractivity contribution < 1.29 is 9.47 Å². The summed E-state index contributed by atoms with van der Waals surface area (Å²) in [7, 11) is 3.27. The molecule has 0 spiro atoms. The van der Waals surface area contributed by atoms with Crippen LogP contribution >= 0.6 is 0 Å². The van der Waals surface area contributed by atoms with Crippen molar-refractivity contribution in [1.82, 2.24) is 9.97 Å². The van der Waals surface area contributed by atoms with Gasteiger partial charge in [-0.15, -0.1) is 0 Å². The molecule has 0 fully saturated rings. The summed E-state index contributed by atoms with van der Waals surface area (Å²) in [5.74, 6) is 2.62. The van der Waals surface area contributed by atoms with E-state index in [-0.39, 0.29) is 0 Å². The number of methoxy groups -OCH3 is 2. The Hall–Kier alpha value is -3.48. The SMILES string of the molecule is COc1ccc(CNc2ncnc(Nc3cc(C)ccc3OC)c2N)cc1. The molecule has 4 N–H and O–H groups in total. The highest BCUT2D eigenvalue weighted by Crippen LogP contribution is 2.31. The molecule has 0 saturated carbocycles. The van der Waals surface area contributed by atoms with Crippen molar-refractivity contribution in [1.29, 1.82) is 0 Å². The number of hydrogen-bond acceptors (Lipinski definition) is 7. The molecule has 0 amide bonds. The Bertz CT molecular complexity index is 913. The van der Waals surface area contributed by atoms with Crippen LogP contribution in [0.15, 0.2) is 48.8 Å². The first-order chi connectivity index (χ1) is 13.1. The number of hydrogen-bond donors (Lipinski definition) is 3. The zero-order valence-electron chi connectivity index (χ0n) is 15.6. The average Bonchev–Trinajstić information content (AvgIpc) is 2.69. The minimum absolute atomic E-state index is 0.439. The molecule has 0 aliphatic rings. The molecule has 3 aromatic rings. The number of anilines is 4. The van der Waals surface area contributed by atoms with Crippen LogP contribution in [-0.2, 0) is 6.54 Å². The van der Waals surface area contributed by atoms with E-state index in [4.69, 9.17) is 15.2 Å². The molecular formula is C20H23N5O2. The zero-order valence-corrected chi connectivity index (χ0v) is 15.6. The van der Waals surface area contributed by atoms with Gasteiger partial charge in [-0.25, -0.2) is 9.97 Å². The number of nitrogens with zero attached hydrogens (tertiary/aromatic N) is 2. The summed E-state index contributed by atoms with van der Waals surface area (Å²) < 4.78 is 10.6. The molecule has 0 unspecified atom stereocenters. The standard InChI is InChI=1S/C20H23N5O2/c1-13-4-9-17(27-3)16(10-13)25-20-18(21)19(23-12-24-20)22-11-14-5-7-15(26-2)8-6-14/h4-10,12H,11,21H2,1-3H3,(H2,22,23,24,25). The van der Waals surface area contributed by atoms with E-state index in [9.17, 15) is 0 Å². The van der Waals surface area contributed by atoms with Gasteiger partial charge in [-0.3, -0.25) is 0 Å². The molecular weight excluding hydrogens is 342 g/mol. The van der Waals surface area contributed by atoms with E-state index in [1.54, 1.807) is 14.2 Å². The minimum Gasteiger partial charge on any atom is -0.497 e. The lowest BCUT2D eigenvalue weighted by Gasteiger charge is -2.15. The molecule has 3 rings (SSSR count). The molecule has 0 aliphatic heterocycles. The van der Waals surface area contributed by atoms with E-state index in [0.29, 0.717) is 29.6 Å². The number of nitrogens with one attached hydrogen (secondary N) is 2. The zero-order chi connectivity index (χ0) is 19.2. The molecule has 2 aromatic carbocycles. The van der Waals surface area contributed by atoms with Crippen molar-refractivity contribution in [3.05, 3.63) is 59.9 Å². The maximum absolute atomic E-state index is 6.26. The quantitative estimate of drug-likeness (QED) is 0.587. The highest BCUT2D eigenvalue weighted by atomic mass is 16.5. The molecule has 0 aliphatic carbocycles. The molecule has 1 heterocycles. The fraction of sp³-hybridized carbons (Fsp3) is 0.200. The van der Waals surface area contributed by atoms with E-state index in [0.717, 1.165) is 22.6 Å². The van der Waals surface area contributed by atoms with Crippen LogP contribution in [0.5, 0.6) is 11.5 Å². The molecule has 140 valence electrons. The van der Waals surface area contributed by atoms with Crippen LogP contribution in [0.4, 0.5) is 23.0 Å². The Labute approximate surface area is 158 Å². The topological polar surface area (TPSA) is 94.3 Å². The summed E-state index contributed by atoms with van der Waals surface area (Å²) in [6, 6.07) is 13.7. The van der Waals surface area contributed by atoms with Gasteiger partial charge in [0.25, 0.3) is 0 Å². The first-order valence-corrected chi connectivity index (χ1v) is 8.49. The van der Waals surface area contributed by atoms with Gasteiger partial charge in [-0.1, -0.05) is 18.2 Å². The molecule has 1 aromatic heterocycles. The Morgan fingerprint density at radius 1 is 0.963 bits per heavy atom. The second kappa shape index (κ2) is 8.27. The molecule has 0 bridgehead atoms. The number of aryl methyl sites for hydroxylation is 1. The van der Waals surface area contributed by atoms with Crippen LogP contribution in [-0.4, -0.2) is 24.2 Å². The minimum atomic E-state index is 0.439. The molecule has 0 saturated heterocycles. The Balaban J connectivity index is 1.76. The lowest BCUT2D eigenvalue weighted by Crippen LogP contribution is -2.08. The van der Waals surface area contributed by atoms with Crippen molar-refractivity contribution in [2.45, 2.75) is 13.5 Å².